The average Bonchev–Trinajstić information content (AvgIpc) is 2.55. The summed E-state index contributed by atoms with van der Waals surface area (Å²) in [5.41, 5.74) is 0.925. The third-order valence-corrected chi connectivity index (χ3v) is 3.08. The van der Waals surface area contributed by atoms with Crippen molar-refractivity contribution in [3.8, 4) is 6.07 Å². The van der Waals surface area contributed by atoms with Crippen LogP contribution < -0.4 is 0 Å². The number of rotatable bonds is 2. The summed E-state index contributed by atoms with van der Waals surface area (Å²) in [6.07, 6.45) is 6.78. The number of furan rings is 1. The number of hydrogen-bond acceptors (Lipinski definition) is 2. The fraction of sp³-hybridized carbons (Fsp3) is 0.417. The molecule has 0 spiro atoms. The van der Waals surface area contributed by atoms with Crippen molar-refractivity contribution in [3.63, 3.8) is 0 Å². The van der Waals surface area contributed by atoms with Crippen LogP contribution in [0.25, 0.3) is 6.08 Å². The molecule has 2 heteroatoms. The van der Waals surface area contributed by atoms with Crippen molar-refractivity contribution in [2.45, 2.75) is 26.2 Å². The number of nitriles is 1. The molecule has 2 rings (SSSR count). The highest BCUT2D eigenvalue weighted by atomic mass is 16.3. The molecule has 0 aliphatic heterocycles. The summed E-state index contributed by atoms with van der Waals surface area (Å²) in [7, 11) is 0. The molecule has 14 heavy (non-hydrogen) atoms. The fourth-order valence-electron chi connectivity index (χ4n) is 1.85. The van der Waals surface area contributed by atoms with Gasteiger partial charge in [-0.15, -0.1) is 0 Å². The van der Waals surface area contributed by atoms with Gasteiger partial charge in [0.25, 0.3) is 0 Å². The molecule has 0 N–H and O–H groups in total. The third kappa shape index (κ3) is 1.35. The molecule has 1 saturated carbocycles. The molecule has 1 aromatic heterocycles. The lowest BCUT2D eigenvalue weighted by Crippen LogP contribution is -2.28. The minimum Gasteiger partial charge on any atom is -0.465 e. The van der Waals surface area contributed by atoms with Crippen LogP contribution in [0.2, 0.25) is 0 Å². The Morgan fingerprint density at radius 2 is 2.43 bits per heavy atom. The summed E-state index contributed by atoms with van der Waals surface area (Å²) >= 11 is 0. The van der Waals surface area contributed by atoms with Crippen LogP contribution in [0.15, 0.2) is 28.4 Å². The Morgan fingerprint density at radius 1 is 1.64 bits per heavy atom. The van der Waals surface area contributed by atoms with E-state index >= 15 is 0 Å². The van der Waals surface area contributed by atoms with E-state index in [0.29, 0.717) is 0 Å². The van der Waals surface area contributed by atoms with Crippen LogP contribution >= 0.6 is 0 Å². The quantitative estimate of drug-likeness (QED) is 0.711. The molecule has 0 atom stereocenters. The lowest BCUT2D eigenvalue weighted by Gasteiger charge is -2.36. The van der Waals surface area contributed by atoms with Crippen LogP contribution in [-0.2, 0) is 0 Å². The predicted octanol–water partition coefficient (Wildman–Crippen LogP) is 3.38. The standard InChI is InChI=1S/C12H13NO/c1-10(8-11-4-2-7-14-11)12(9-13)5-3-6-12/h2,4,7-8H,3,5-6H2,1H3/b10-8-. The van der Waals surface area contributed by atoms with Crippen molar-refractivity contribution < 1.29 is 4.42 Å². The van der Waals surface area contributed by atoms with E-state index in [4.69, 9.17) is 9.68 Å². The third-order valence-electron chi connectivity index (χ3n) is 3.08. The molecule has 1 aromatic rings. The predicted molar refractivity (Wildman–Crippen MR) is 54.3 cm³/mol. The fourth-order valence-corrected chi connectivity index (χ4v) is 1.85. The summed E-state index contributed by atoms with van der Waals surface area (Å²) in [5.74, 6) is 0.837. The van der Waals surface area contributed by atoms with Gasteiger partial charge >= 0.3 is 0 Å². The molecule has 1 heterocycles. The Balaban J connectivity index is 2.23. The van der Waals surface area contributed by atoms with E-state index in [1.807, 2.05) is 25.1 Å². The topological polar surface area (TPSA) is 36.9 Å². The first-order valence-corrected chi connectivity index (χ1v) is 4.90. The summed E-state index contributed by atoms with van der Waals surface area (Å²) in [6, 6.07) is 6.19. The molecule has 1 aliphatic rings. The van der Waals surface area contributed by atoms with E-state index in [-0.39, 0.29) is 5.41 Å². The summed E-state index contributed by atoms with van der Waals surface area (Å²) in [6.45, 7) is 2.02. The van der Waals surface area contributed by atoms with Gasteiger partial charge in [-0.3, -0.25) is 0 Å². The number of nitrogens with zero attached hydrogens (tertiary/aromatic N) is 1. The minimum atomic E-state index is -0.202. The van der Waals surface area contributed by atoms with Crippen molar-refractivity contribution in [2.75, 3.05) is 0 Å². The second kappa shape index (κ2) is 3.34. The van der Waals surface area contributed by atoms with E-state index in [9.17, 15) is 0 Å². The van der Waals surface area contributed by atoms with Gasteiger partial charge in [-0.25, -0.2) is 0 Å². The Hall–Kier alpha value is -1.49. The Morgan fingerprint density at radius 3 is 2.86 bits per heavy atom. The molecule has 2 nitrogen and oxygen atoms in total. The maximum absolute atomic E-state index is 9.11. The largest absolute Gasteiger partial charge is 0.465 e. The zero-order chi connectivity index (χ0) is 10.0. The first-order chi connectivity index (χ1) is 6.77. The Kier molecular flexibility index (Phi) is 2.17. The maximum Gasteiger partial charge on any atom is 0.126 e. The van der Waals surface area contributed by atoms with Crippen LogP contribution in [0.1, 0.15) is 31.9 Å². The van der Waals surface area contributed by atoms with E-state index in [2.05, 4.69) is 6.07 Å². The van der Waals surface area contributed by atoms with Gasteiger partial charge < -0.3 is 4.42 Å². The lowest BCUT2D eigenvalue weighted by atomic mass is 9.65. The van der Waals surface area contributed by atoms with Crippen LogP contribution in [0.4, 0.5) is 0 Å². The van der Waals surface area contributed by atoms with Crippen molar-refractivity contribution in [3.05, 3.63) is 29.7 Å². The Bertz CT molecular complexity index is 377. The zero-order valence-electron chi connectivity index (χ0n) is 8.29. The molecule has 0 unspecified atom stereocenters. The molecule has 1 fully saturated rings. The van der Waals surface area contributed by atoms with Crippen molar-refractivity contribution in [2.24, 2.45) is 5.41 Å². The zero-order valence-corrected chi connectivity index (χ0v) is 8.29. The normalized spacial score (nSPS) is 19.9. The van der Waals surface area contributed by atoms with E-state index < -0.39 is 0 Å². The van der Waals surface area contributed by atoms with Crippen LogP contribution in [0.3, 0.4) is 0 Å². The minimum absolute atomic E-state index is 0.202. The van der Waals surface area contributed by atoms with E-state index in [1.165, 1.54) is 0 Å². The maximum atomic E-state index is 9.11. The van der Waals surface area contributed by atoms with Gasteiger partial charge in [0.1, 0.15) is 5.76 Å². The van der Waals surface area contributed by atoms with Gasteiger partial charge in [-0.05, 0) is 50.0 Å². The van der Waals surface area contributed by atoms with Crippen molar-refractivity contribution in [1.29, 1.82) is 5.26 Å². The van der Waals surface area contributed by atoms with Gasteiger partial charge in [0.2, 0.25) is 0 Å². The second-order valence-electron chi connectivity index (χ2n) is 3.89. The smallest absolute Gasteiger partial charge is 0.126 e. The van der Waals surface area contributed by atoms with Gasteiger partial charge in [0.15, 0.2) is 0 Å². The molecule has 0 saturated heterocycles. The highest BCUT2D eigenvalue weighted by molar-refractivity contribution is 5.51. The van der Waals surface area contributed by atoms with Gasteiger partial charge in [0.05, 0.1) is 17.7 Å². The van der Waals surface area contributed by atoms with Crippen LogP contribution in [-0.4, -0.2) is 0 Å². The first kappa shape index (κ1) is 9.08. The monoisotopic (exact) mass is 187 g/mol. The van der Waals surface area contributed by atoms with Crippen molar-refractivity contribution in [1.82, 2.24) is 0 Å². The average molecular weight is 187 g/mol. The molecule has 0 bridgehead atoms. The molecular formula is C12H13NO. The molecule has 1 aliphatic carbocycles. The molecular weight excluding hydrogens is 174 g/mol. The van der Waals surface area contributed by atoms with E-state index in [1.54, 1.807) is 6.26 Å². The molecule has 0 radical (unpaired) electrons. The van der Waals surface area contributed by atoms with Crippen LogP contribution in [0.5, 0.6) is 0 Å². The van der Waals surface area contributed by atoms with Gasteiger partial charge in [-0.1, -0.05) is 0 Å². The summed E-state index contributed by atoms with van der Waals surface area (Å²) < 4.78 is 5.23. The second-order valence-corrected chi connectivity index (χ2v) is 3.89. The highest BCUT2D eigenvalue weighted by Gasteiger charge is 2.38. The van der Waals surface area contributed by atoms with Gasteiger partial charge in [0, 0.05) is 0 Å². The number of hydrogen-bond donors (Lipinski definition) is 0. The van der Waals surface area contributed by atoms with E-state index in [0.717, 1.165) is 30.6 Å². The van der Waals surface area contributed by atoms with Gasteiger partial charge in [-0.2, -0.15) is 5.26 Å². The summed E-state index contributed by atoms with van der Waals surface area (Å²) in [4.78, 5) is 0. The molecule has 72 valence electrons. The molecule has 0 amide bonds. The van der Waals surface area contributed by atoms with Crippen LogP contribution in [0, 0.1) is 16.7 Å². The summed E-state index contributed by atoms with van der Waals surface area (Å²) in [5, 5.41) is 9.11. The lowest BCUT2D eigenvalue weighted by molar-refractivity contribution is 0.270. The number of allylic oxidation sites excluding steroid dienone is 1. The molecule has 0 aromatic carbocycles. The van der Waals surface area contributed by atoms with Crippen molar-refractivity contribution >= 4 is 6.08 Å². The Labute approximate surface area is 83.8 Å². The SMILES string of the molecule is C/C(=C/c1ccco1)C1(C#N)CCC1. The first-order valence-electron chi connectivity index (χ1n) is 4.90. The highest BCUT2D eigenvalue weighted by Crippen LogP contribution is 2.46.